The van der Waals surface area contributed by atoms with Gasteiger partial charge < -0.3 is 10.2 Å². The number of nitrogens with zero attached hydrogens (tertiary/aromatic N) is 3. The largest absolute Gasteiger partial charge is 0.322 e. The van der Waals surface area contributed by atoms with Crippen LogP contribution in [-0.2, 0) is 13.0 Å². The van der Waals surface area contributed by atoms with Crippen LogP contribution in [0.15, 0.2) is 42.6 Å². The molecular weight excluding hydrogens is 348 g/mol. The number of nitrogens with one attached hydrogen (secondary N) is 1. The number of carbonyl (C=O) groups is 1. The molecule has 0 saturated carbocycles. The van der Waals surface area contributed by atoms with E-state index in [1.807, 2.05) is 52.2 Å². The van der Waals surface area contributed by atoms with Crippen LogP contribution < -0.4 is 5.32 Å². The fraction of sp³-hybridized carbons (Fsp3) is 0.300. The van der Waals surface area contributed by atoms with Crippen LogP contribution in [0.3, 0.4) is 0 Å². The van der Waals surface area contributed by atoms with Crippen molar-refractivity contribution in [1.82, 2.24) is 14.7 Å². The molecule has 3 aromatic rings. The van der Waals surface area contributed by atoms with Crippen molar-refractivity contribution in [2.75, 3.05) is 11.9 Å². The second-order valence-corrected chi connectivity index (χ2v) is 7.34. The average Bonchev–Trinajstić information content (AvgIpc) is 3.05. The highest BCUT2D eigenvalue weighted by molar-refractivity contribution is 6.31. The van der Waals surface area contributed by atoms with E-state index in [1.165, 1.54) is 0 Å². The van der Waals surface area contributed by atoms with Crippen LogP contribution in [0.5, 0.6) is 0 Å². The van der Waals surface area contributed by atoms with Gasteiger partial charge >= 0.3 is 6.03 Å². The molecule has 0 bridgehead atoms. The smallest absolute Gasteiger partial charge is 0.320 e. The zero-order chi connectivity index (χ0) is 18.3. The highest BCUT2D eigenvalue weighted by Crippen LogP contribution is 2.27. The van der Waals surface area contributed by atoms with Gasteiger partial charge in [0, 0.05) is 35.2 Å². The van der Waals surface area contributed by atoms with Gasteiger partial charge in [0.15, 0.2) is 0 Å². The first-order chi connectivity index (χ1) is 12.5. The highest BCUT2D eigenvalue weighted by atomic mass is 35.5. The summed E-state index contributed by atoms with van der Waals surface area (Å²) in [5, 5.41) is 9.29. The molecule has 5 nitrogen and oxygen atoms in total. The molecule has 2 aromatic carbocycles. The number of carbonyl (C=O) groups excluding carboxylic acids is 1. The van der Waals surface area contributed by atoms with Gasteiger partial charge in [0.2, 0.25) is 0 Å². The molecule has 0 atom stereocenters. The van der Waals surface area contributed by atoms with E-state index in [0.717, 1.165) is 39.2 Å². The topological polar surface area (TPSA) is 50.2 Å². The Kier molecular flexibility index (Phi) is 4.32. The SMILES string of the molecule is CC(C)n1ncc2ccc(NC(=O)N3CCc4c(Cl)cccc4C3)cc21. The van der Waals surface area contributed by atoms with E-state index in [9.17, 15) is 4.79 Å². The minimum absolute atomic E-state index is 0.0920. The molecule has 0 aliphatic carbocycles. The maximum Gasteiger partial charge on any atom is 0.322 e. The van der Waals surface area contributed by atoms with Crippen molar-refractivity contribution in [1.29, 1.82) is 0 Å². The summed E-state index contributed by atoms with van der Waals surface area (Å²) in [7, 11) is 0. The van der Waals surface area contributed by atoms with Gasteiger partial charge in [-0.25, -0.2) is 4.79 Å². The summed E-state index contributed by atoms with van der Waals surface area (Å²) < 4.78 is 1.96. The standard InChI is InChI=1S/C20H21ClN4O/c1-13(2)25-19-10-16(7-6-14(19)11-22-25)23-20(26)24-9-8-17-15(12-24)4-3-5-18(17)21/h3-7,10-11,13H,8-9,12H2,1-2H3,(H,23,26). The van der Waals surface area contributed by atoms with E-state index in [1.54, 1.807) is 0 Å². The number of fused-ring (bicyclic) bond motifs is 2. The van der Waals surface area contributed by atoms with Gasteiger partial charge in [-0.3, -0.25) is 4.68 Å². The van der Waals surface area contributed by atoms with E-state index in [-0.39, 0.29) is 12.1 Å². The molecule has 0 radical (unpaired) electrons. The Morgan fingerprint density at radius 3 is 2.92 bits per heavy atom. The molecule has 26 heavy (non-hydrogen) atoms. The van der Waals surface area contributed by atoms with Crippen molar-refractivity contribution >= 4 is 34.2 Å². The molecular formula is C20H21ClN4O. The Hall–Kier alpha value is -2.53. The maximum atomic E-state index is 12.7. The number of aromatic nitrogens is 2. The van der Waals surface area contributed by atoms with E-state index < -0.39 is 0 Å². The van der Waals surface area contributed by atoms with Gasteiger partial charge in [-0.1, -0.05) is 23.7 Å². The molecule has 1 aliphatic rings. The molecule has 1 aromatic heterocycles. The van der Waals surface area contributed by atoms with E-state index >= 15 is 0 Å². The lowest BCUT2D eigenvalue weighted by atomic mass is 10.00. The Balaban J connectivity index is 1.53. The molecule has 1 aliphatic heterocycles. The first-order valence-corrected chi connectivity index (χ1v) is 9.20. The number of rotatable bonds is 2. The number of anilines is 1. The first-order valence-electron chi connectivity index (χ1n) is 8.82. The highest BCUT2D eigenvalue weighted by Gasteiger charge is 2.22. The fourth-order valence-corrected chi connectivity index (χ4v) is 3.75. The molecule has 0 unspecified atom stereocenters. The second-order valence-electron chi connectivity index (χ2n) is 6.94. The molecule has 1 N–H and O–H groups in total. The maximum absolute atomic E-state index is 12.7. The minimum atomic E-state index is -0.0920. The predicted molar refractivity (Wildman–Crippen MR) is 105 cm³/mol. The summed E-state index contributed by atoms with van der Waals surface area (Å²) in [5.41, 5.74) is 4.07. The van der Waals surface area contributed by atoms with Gasteiger partial charge in [-0.05, 0) is 55.7 Å². The number of urea groups is 1. The summed E-state index contributed by atoms with van der Waals surface area (Å²) in [6.07, 6.45) is 2.63. The number of hydrogen-bond donors (Lipinski definition) is 1. The lowest BCUT2D eigenvalue weighted by Crippen LogP contribution is -2.38. The van der Waals surface area contributed by atoms with E-state index in [4.69, 9.17) is 11.6 Å². The second kappa shape index (κ2) is 6.65. The van der Waals surface area contributed by atoms with Gasteiger partial charge in [0.1, 0.15) is 0 Å². The Morgan fingerprint density at radius 2 is 2.12 bits per heavy atom. The van der Waals surface area contributed by atoms with Crippen LogP contribution in [0.1, 0.15) is 31.0 Å². The van der Waals surface area contributed by atoms with Crippen LogP contribution in [0.4, 0.5) is 10.5 Å². The third-order valence-electron chi connectivity index (χ3n) is 4.83. The van der Waals surface area contributed by atoms with Gasteiger partial charge in [0.25, 0.3) is 0 Å². The molecule has 0 fully saturated rings. The first kappa shape index (κ1) is 16.9. The zero-order valence-electron chi connectivity index (χ0n) is 14.9. The Labute approximate surface area is 157 Å². The van der Waals surface area contributed by atoms with Crippen molar-refractivity contribution in [2.24, 2.45) is 0 Å². The summed E-state index contributed by atoms with van der Waals surface area (Å²) in [5.74, 6) is 0. The van der Waals surface area contributed by atoms with Crippen LogP contribution in [-0.4, -0.2) is 27.3 Å². The van der Waals surface area contributed by atoms with Crippen LogP contribution >= 0.6 is 11.6 Å². The molecule has 2 heterocycles. The van der Waals surface area contributed by atoms with Crippen LogP contribution in [0, 0.1) is 0 Å². The molecule has 0 spiro atoms. The third-order valence-corrected chi connectivity index (χ3v) is 5.19. The van der Waals surface area contributed by atoms with E-state index in [0.29, 0.717) is 13.1 Å². The number of benzene rings is 2. The summed E-state index contributed by atoms with van der Waals surface area (Å²) in [4.78, 5) is 14.5. The normalized spacial score (nSPS) is 13.9. The quantitative estimate of drug-likeness (QED) is 0.702. The van der Waals surface area contributed by atoms with Gasteiger partial charge in [0.05, 0.1) is 11.7 Å². The number of amides is 2. The third kappa shape index (κ3) is 3.03. The molecule has 4 rings (SSSR count). The minimum Gasteiger partial charge on any atom is -0.320 e. The van der Waals surface area contributed by atoms with Gasteiger partial charge in [-0.15, -0.1) is 0 Å². The number of hydrogen-bond acceptors (Lipinski definition) is 2. The Morgan fingerprint density at radius 1 is 1.27 bits per heavy atom. The lowest BCUT2D eigenvalue weighted by molar-refractivity contribution is 0.206. The van der Waals surface area contributed by atoms with E-state index in [2.05, 4.69) is 24.3 Å². The average molecular weight is 369 g/mol. The lowest BCUT2D eigenvalue weighted by Gasteiger charge is -2.29. The van der Waals surface area contributed by atoms with Crippen molar-refractivity contribution in [2.45, 2.75) is 32.9 Å². The van der Waals surface area contributed by atoms with Crippen molar-refractivity contribution in [3.63, 3.8) is 0 Å². The van der Waals surface area contributed by atoms with Crippen molar-refractivity contribution in [3.8, 4) is 0 Å². The molecule has 0 saturated heterocycles. The van der Waals surface area contributed by atoms with Crippen molar-refractivity contribution < 1.29 is 4.79 Å². The van der Waals surface area contributed by atoms with Crippen LogP contribution in [0.25, 0.3) is 10.9 Å². The molecule has 2 amide bonds. The van der Waals surface area contributed by atoms with Crippen LogP contribution in [0.2, 0.25) is 5.02 Å². The molecule has 134 valence electrons. The summed E-state index contributed by atoms with van der Waals surface area (Å²) in [6, 6.07) is 11.9. The summed E-state index contributed by atoms with van der Waals surface area (Å²) in [6.45, 7) is 5.42. The predicted octanol–water partition coefficient (Wildman–Crippen LogP) is 4.86. The monoisotopic (exact) mass is 368 g/mol. The summed E-state index contributed by atoms with van der Waals surface area (Å²) >= 11 is 6.26. The Bertz CT molecular complexity index is 979. The fourth-order valence-electron chi connectivity index (χ4n) is 3.47. The molecule has 6 heteroatoms. The zero-order valence-corrected chi connectivity index (χ0v) is 15.6. The van der Waals surface area contributed by atoms with Gasteiger partial charge in [-0.2, -0.15) is 5.10 Å². The number of halogens is 1. The van der Waals surface area contributed by atoms with Crippen molar-refractivity contribution in [3.05, 3.63) is 58.7 Å².